The Labute approximate surface area is 189 Å². The van der Waals surface area contributed by atoms with Gasteiger partial charge in [-0.3, -0.25) is 14.7 Å². The average molecular weight is 448 g/mol. The van der Waals surface area contributed by atoms with Gasteiger partial charge in [0.25, 0.3) is 0 Å². The number of anilines is 1. The molecule has 0 bridgehead atoms. The lowest BCUT2D eigenvalue weighted by Gasteiger charge is -2.19. The molecule has 0 fully saturated rings. The van der Waals surface area contributed by atoms with Gasteiger partial charge in [0.05, 0.1) is 35.5 Å². The van der Waals surface area contributed by atoms with E-state index in [0.717, 1.165) is 27.2 Å². The maximum Gasteiger partial charge on any atom is 0.233 e. The molecule has 32 heavy (non-hydrogen) atoms. The van der Waals surface area contributed by atoms with Crippen molar-refractivity contribution in [3.63, 3.8) is 0 Å². The minimum atomic E-state index is -0.0707. The monoisotopic (exact) mass is 447 g/mol. The van der Waals surface area contributed by atoms with Crippen molar-refractivity contribution in [3.8, 4) is 17.2 Å². The van der Waals surface area contributed by atoms with Crippen molar-refractivity contribution < 1.29 is 19.0 Å². The topological polar surface area (TPSA) is 73.8 Å². The van der Waals surface area contributed by atoms with E-state index in [2.05, 4.69) is 4.98 Å². The van der Waals surface area contributed by atoms with Crippen molar-refractivity contribution in [1.82, 2.24) is 9.97 Å². The number of hydrogen-bond donors (Lipinski definition) is 0. The van der Waals surface area contributed by atoms with Crippen LogP contribution in [0.3, 0.4) is 0 Å². The summed E-state index contributed by atoms with van der Waals surface area (Å²) >= 11 is 1.47. The Kier molecular flexibility index (Phi) is 5.60. The molecule has 0 unspecified atom stereocenters. The van der Waals surface area contributed by atoms with Gasteiger partial charge < -0.3 is 14.2 Å². The lowest BCUT2D eigenvalue weighted by Crippen LogP contribution is -2.32. The van der Waals surface area contributed by atoms with Crippen LogP contribution in [-0.2, 0) is 17.8 Å². The van der Waals surface area contributed by atoms with Gasteiger partial charge in [-0.25, -0.2) is 4.98 Å². The fraction of sp³-hybridized carbons (Fsp3) is 0.208. The van der Waals surface area contributed by atoms with Gasteiger partial charge in [0, 0.05) is 6.20 Å². The Hall–Kier alpha value is -3.65. The van der Waals surface area contributed by atoms with Crippen LogP contribution in [0.4, 0.5) is 5.13 Å². The van der Waals surface area contributed by atoms with Crippen molar-refractivity contribution in [3.05, 3.63) is 72.1 Å². The van der Waals surface area contributed by atoms with Gasteiger partial charge in [-0.1, -0.05) is 23.5 Å². The Morgan fingerprint density at radius 1 is 1.12 bits per heavy atom. The van der Waals surface area contributed by atoms with E-state index >= 15 is 0 Å². The highest BCUT2D eigenvalue weighted by Gasteiger charge is 2.22. The molecule has 2 aromatic heterocycles. The molecule has 1 amide bonds. The van der Waals surface area contributed by atoms with Gasteiger partial charge in [-0.15, -0.1) is 0 Å². The number of fused-ring (bicyclic) bond motifs is 2. The standard InChI is InChI=1S/C24H21N3O4S/c1-2-29-18-7-8-19-22(13-18)32-24(26-19)27(14-17-5-3-4-10-25-17)23(28)12-16-6-9-20-21(11-16)31-15-30-20/h3-11,13H,2,12,14-15H2,1H3. The molecule has 1 aliphatic heterocycles. The Morgan fingerprint density at radius 2 is 2.03 bits per heavy atom. The molecule has 0 saturated carbocycles. The van der Waals surface area contributed by atoms with Crippen molar-refractivity contribution in [2.75, 3.05) is 18.3 Å². The zero-order valence-corrected chi connectivity index (χ0v) is 18.3. The minimum absolute atomic E-state index is 0.0707. The molecule has 0 spiro atoms. The molecule has 2 aromatic carbocycles. The summed E-state index contributed by atoms with van der Waals surface area (Å²) in [6.07, 6.45) is 1.94. The zero-order chi connectivity index (χ0) is 21.9. The van der Waals surface area contributed by atoms with E-state index in [1.807, 2.05) is 61.5 Å². The second-order valence-electron chi connectivity index (χ2n) is 7.22. The highest BCUT2D eigenvalue weighted by Crippen LogP contribution is 2.34. The third kappa shape index (κ3) is 4.22. The van der Waals surface area contributed by atoms with Gasteiger partial charge >= 0.3 is 0 Å². The number of pyridine rings is 1. The van der Waals surface area contributed by atoms with Crippen molar-refractivity contribution in [2.24, 2.45) is 0 Å². The largest absolute Gasteiger partial charge is 0.494 e. The average Bonchev–Trinajstić information content (AvgIpc) is 3.44. The van der Waals surface area contributed by atoms with Crippen LogP contribution < -0.4 is 19.1 Å². The molecule has 8 heteroatoms. The summed E-state index contributed by atoms with van der Waals surface area (Å²) < 4.78 is 17.4. The summed E-state index contributed by atoms with van der Waals surface area (Å²) in [6, 6.07) is 17.0. The van der Waals surface area contributed by atoms with E-state index in [4.69, 9.17) is 19.2 Å². The molecule has 0 aliphatic carbocycles. The van der Waals surface area contributed by atoms with Crippen molar-refractivity contribution in [1.29, 1.82) is 0 Å². The number of aromatic nitrogens is 2. The van der Waals surface area contributed by atoms with Crippen molar-refractivity contribution in [2.45, 2.75) is 19.9 Å². The number of ether oxygens (including phenoxy) is 3. The summed E-state index contributed by atoms with van der Waals surface area (Å²) in [6.45, 7) is 3.08. The fourth-order valence-corrected chi connectivity index (χ4v) is 4.51. The first kappa shape index (κ1) is 20.3. The van der Waals surface area contributed by atoms with Gasteiger partial charge in [0.1, 0.15) is 5.75 Å². The number of rotatable bonds is 7. The molecule has 5 rings (SSSR count). The number of carbonyl (C=O) groups excluding carboxylic acids is 1. The summed E-state index contributed by atoms with van der Waals surface area (Å²) in [5, 5.41) is 0.630. The van der Waals surface area contributed by atoms with Crippen LogP contribution in [0.2, 0.25) is 0 Å². The molecule has 3 heterocycles. The van der Waals surface area contributed by atoms with E-state index in [1.165, 1.54) is 11.3 Å². The van der Waals surface area contributed by atoms with Gasteiger partial charge in [-0.05, 0) is 55.0 Å². The summed E-state index contributed by atoms with van der Waals surface area (Å²) in [5.41, 5.74) is 2.47. The minimum Gasteiger partial charge on any atom is -0.494 e. The second-order valence-corrected chi connectivity index (χ2v) is 8.23. The molecule has 0 saturated heterocycles. The molecular weight excluding hydrogens is 426 g/mol. The van der Waals surface area contributed by atoms with E-state index < -0.39 is 0 Å². The van der Waals surface area contributed by atoms with Gasteiger partial charge in [-0.2, -0.15) is 0 Å². The molecule has 162 valence electrons. The lowest BCUT2D eigenvalue weighted by atomic mass is 10.1. The highest BCUT2D eigenvalue weighted by atomic mass is 32.1. The molecule has 0 atom stereocenters. The maximum absolute atomic E-state index is 13.4. The summed E-state index contributed by atoms with van der Waals surface area (Å²) in [5.74, 6) is 2.08. The van der Waals surface area contributed by atoms with Crippen LogP contribution in [0.15, 0.2) is 60.8 Å². The smallest absolute Gasteiger partial charge is 0.233 e. The van der Waals surface area contributed by atoms with Crippen molar-refractivity contribution >= 4 is 32.6 Å². The number of amides is 1. The lowest BCUT2D eigenvalue weighted by molar-refractivity contribution is -0.118. The first-order valence-electron chi connectivity index (χ1n) is 10.3. The van der Waals surface area contributed by atoms with Crippen LogP contribution >= 0.6 is 11.3 Å². The molecule has 0 radical (unpaired) electrons. The molecule has 7 nitrogen and oxygen atoms in total. The van der Waals surface area contributed by atoms with Gasteiger partial charge in [0.2, 0.25) is 12.7 Å². The molecular formula is C24H21N3O4S. The van der Waals surface area contributed by atoms with Crippen LogP contribution in [0, 0.1) is 0 Å². The van der Waals surface area contributed by atoms with Crippen LogP contribution in [0.5, 0.6) is 17.2 Å². The third-order valence-electron chi connectivity index (χ3n) is 5.03. The quantitative estimate of drug-likeness (QED) is 0.412. The Bertz CT molecular complexity index is 1260. The number of hydrogen-bond acceptors (Lipinski definition) is 7. The summed E-state index contributed by atoms with van der Waals surface area (Å²) in [7, 11) is 0. The Morgan fingerprint density at radius 3 is 2.88 bits per heavy atom. The predicted molar refractivity (Wildman–Crippen MR) is 122 cm³/mol. The predicted octanol–water partition coefficient (Wildman–Crippen LogP) is 4.59. The highest BCUT2D eigenvalue weighted by molar-refractivity contribution is 7.22. The second kappa shape index (κ2) is 8.84. The normalized spacial score (nSPS) is 12.2. The van der Waals surface area contributed by atoms with E-state index in [9.17, 15) is 4.79 Å². The van der Waals surface area contributed by atoms with E-state index in [1.54, 1.807) is 11.1 Å². The maximum atomic E-state index is 13.4. The first-order valence-corrected chi connectivity index (χ1v) is 11.1. The zero-order valence-electron chi connectivity index (χ0n) is 17.5. The Balaban J connectivity index is 1.46. The molecule has 4 aromatic rings. The number of thiazole rings is 1. The third-order valence-corrected chi connectivity index (χ3v) is 6.07. The van der Waals surface area contributed by atoms with Crippen LogP contribution in [-0.4, -0.2) is 29.3 Å². The summed E-state index contributed by atoms with van der Waals surface area (Å²) in [4.78, 5) is 24.3. The SMILES string of the molecule is CCOc1ccc2nc(N(Cc3ccccn3)C(=O)Cc3ccc4c(c3)OCO4)sc2c1. The number of benzene rings is 2. The van der Waals surface area contributed by atoms with E-state index in [-0.39, 0.29) is 19.1 Å². The molecule has 1 aliphatic rings. The number of carbonyl (C=O) groups is 1. The first-order chi connectivity index (χ1) is 15.7. The molecule has 0 N–H and O–H groups in total. The fourth-order valence-electron chi connectivity index (χ4n) is 3.50. The van der Waals surface area contributed by atoms with Gasteiger partial charge in [0.15, 0.2) is 16.6 Å². The van der Waals surface area contributed by atoms with E-state index in [0.29, 0.717) is 29.8 Å². The number of nitrogens with zero attached hydrogens (tertiary/aromatic N) is 3. The van der Waals surface area contributed by atoms with Crippen LogP contribution in [0.25, 0.3) is 10.2 Å². The van der Waals surface area contributed by atoms with Crippen LogP contribution in [0.1, 0.15) is 18.2 Å².